The Kier molecular flexibility index (Phi) is 7.29. The lowest BCUT2D eigenvalue weighted by atomic mass is 10.1. The van der Waals surface area contributed by atoms with E-state index < -0.39 is 0 Å². The maximum Gasteiger partial charge on any atom is 0.259 e. The summed E-state index contributed by atoms with van der Waals surface area (Å²) in [5.41, 5.74) is 4.29. The first-order chi connectivity index (χ1) is 19.4. The minimum Gasteiger partial charge on any atom is -0.325 e. The average molecular weight is 542 g/mol. The van der Waals surface area contributed by atoms with Gasteiger partial charge < -0.3 is 10.6 Å². The number of nitrogens with zero attached hydrogens (tertiary/aromatic N) is 7. The van der Waals surface area contributed by atoms with Gasteiger partial charge in [0.1, 0.15) is 0 Å². The fourth-order valence-corrected chi connectivity index (χ4v) is 6.00. The van der Waals surface area contributed by atoms with Crippen molar-refractivity contribution in [1.29, 1.82) is 0 Å². The zero-order valence-corrected chi connectivity index (χ0v) is 23.0. The molecule has 11 heteroatoms. The molecule has 11 nitrogen and oxygen atoms in total. The Morgan fingerprint density at radius 1 is 0.975 bits per heavy atom. The number of aromatic nitrogens is 6. The van der Waals surface area contributed by atoms with Crippen molar-refractivity contribution in [2.24, 2.45) is 13.0 Å². The highest BCUT2D eigenvalue weighted by Gasteiger charge is 2.29. The van der Waals surface area contributed by atoms with Crippen LogP contribution in [0.15, 0.2) is 43.2 Å². The van der Waals surface area contributed by atoms with Gasteiger partial charge in [0.05, 0.1) is 64.8 Å². The molecular formula is C29H35N9O2. The third-order valence-corrected chi connectivity index (χ3v) is 8.16. The standard InChI is InChI=1S/C29H35N9O2/c1-19-25(35-29(40)24-14-33-38-18-26(31-15-27(24)38)21-12-32-36(2)17-21)10-22(13-30-19)34-28(39)11-23-8-5-9-37(23)16-20-6-3-4-7-20/h10,12-15,17-18,20,23H,3-9,11,16H2,1-2H3,(H,34,39)(H,35,40)/t23-/m0/s1. The zero-order valence-electron chi connectivity index (χ0n) is 23.0. The number of fused-ring (bicyclic) bond motifs is 1. The van der Waals surface area contributed by atoms with Crippen molar-refractivity contribution in [3.63, 3.8) is 0 Å². The molecule has 1 atom stereocenters. The molecule has 2 N–H and O–H groups in total. The quantitative estimate of drug-likeness (QED) is 0.345. The molecular weight excluding hydrogens is 506 g/mol. The monoisotopic (exact) mass is 541 g/mol. The van der Waals surface area contributed by atoms with Gasteiger partial charge in [0.15, 0.2) is 0 Å². The van der Waals surface area contributed by atoms with Crippen molar-refractivity contribution < 1.29 is 9.59 Å². The van der Waals surface area contributed by atoms with Crippen LogP contribution in [0, 0.1) is 12.8 Å². The van der Waals surface area contributed by atoms with Crippen LogP contribution in [0.25, 0.3) is 16.8 Å². The first-order valence-electron chi connectivity index (χ1n) is 14.1. The van der Waals surface area contributed by atoms with E-state index in [9.17, 15) is 9.59 Å². The molecule has 0 spiro atoms. The molecule has 1 saturated heterocycles. The number of hydrogen-bond acceptors (Lipinski definition) is 7. The molecule has 2 amide bonds. The number of nitrogens with one attached hydrogen (secondary N) is 2. The van der Waals surface area contributed by atoms with Crippen LogP contribution in [-0.2, 0) is 11.8 Å². The van der Waals surface area contributed by atoms with E-state index in [1.54, 1.807) is 40.1 Å². The summed E-state index contributed by atoms with van der Waals surface area (Å²) in [6.07, 6.45) is 18.1. The van der Waals surface area contributed by atoms with Crippen molar-refractivity contribution in [2.75, 3.05) is 23.7 Å². The summed E-state index contributed by atoms with van der Waals surface area (Å²) in [5.74, 6) is 0.431. The highest BCUT2D eigenvalue weighted by atomic mass is 16.2. The van der Waals surface area contributed by atoms with Gasteiger partial charge in [-0.15, -0.1) is 0 Å². The third-order valence-electron chi connectivity index (χ3n) is 8.16. The van der Waals surface area contributed by atoms with Gasteiger partial charge in [0.2, 0.25) is 5.91 Å². The van der Waals surface area contributed by atoms with Crippen LogP contribution in [0.4, 0.5) is 11.4 Å². The van der Waals surface area contributed by atoms with Gasteiger partial charge in [0.25, 0.3) is 5.91 Å². The van der Waals surface area contributed by atoms with Crippen molar-refractivity contribution >= 4 is 28.7 Å². The van der Waals surface area contributed by atoms with Crippen LogP contribution in [0.5, 0.6) is 0 Å². The number of rotatable bonds is 8. The Hall–Kier alpha value is -4.12. The van der Waals surface area contributed by atoms with Gasteiger partial charge in [-0.1, -0.05) is 12.8 Å². The largest absolute Gasteiger partial charge is 0.325 e. The lowest BCUT2D eigenvalue weighted by Crippen LogP contribution is -2.36. The minimum atomic E-state index is -0.326. The fourth-order valence-electron chi connectivity index (χ4n) is 6.00. The van der Waals surface area contributed by atoms with Crippen LogP contribution < -0.4 is 10.6 Å². The molecule has 2 fully saturated rings. The molecule has 1 aliphatic carbocycles. The van der Waals surface area contributed by atoms with Crippen LogP contribution in [-0.4, -0.2) is 65.2 Å². The van der Waals surface area contributed by atoms with E-state index in [4.69, 9.17) is 0 Å². The molecule has 4 aromatic heterocycles. The molecule has 6 rings (SSSR count). The van der Waals surface area contributed by atoms with E-state index in [0.717, 1.165) is 37.4 Å². The number of carbonyl (C=O) groups is 2. The fraction of sp³-hybridized carbons (Fsp3) is 0.448. The Labute approximate surface area is 233 Å². The zero-order chi connectivity index (χ0) is 27.6. The molecule has 2 aliphatic rings. The Morgan fingerprint density at radius 2 is 1.82 bits per heavy atom. The maximum atomic E-state index is 13.2. The molecule has 0 radical (unpaired) electrons. The number of hydrogen-bond donors (Lipinski definition) is 2. The van der Waals surface area contributed by atoms with Gasteiger partial charge >= 0.3 is 0 Å². The van der Waals surface area contributed by atoms with Gasteiger partial charge in [-0.05, 0) is 51.1 Å². The highest BCUT2D eigenvalue weighted by Crippen LogP contribution is 2.30. The van der Waals surface area contributed by atoms with Crippen molar-refractivity contribution in [1.82, 2.24) is 34.3 Å². The number of aryl methyl sites for hydroxylation is 2. The Bertz CT molecular complexity index is 1540. The Balaban J connectivity index is 1.11. The first-order valence-corrected chi connectivity index (χ1v) is 14.1. The second kappa shape index (κ2) is 11.2. The lowest BCUT2D eigenvalue weighted by molar-refractivity contribution is -0.117. The number of anilines is 2. The molecule has 1 saturated carbocycles. The number of carbonyl (C=O) groups excluding carboxylic acids is 2. The van der Waals surface area contributed by atoms with Crippen LogP contribution in [0.1, 0.15) is 61.0 Å². The normalized spacial score (nSPS) is 18.0. The molecule has 5 heterocycles. The second-order valence-electron chi connectivity index (χ2n) is 11.1. The predicted molar refractivity (Wildman–Crippen MR) is 152 cm³/mol. The van der Waals surface area contributed by atoms with E-state index in [1.165, 1.54) is 31.9 Å². The van der Waals surface area contributed by atoms with E-state index >= 15 is 0 Å². The highest BCUT2D eigenvalue weighted by molar-refractivity contribution is 6.09. The van der Waals surface area contributed by atoms with Crippen molar-refractivity contribution in [3.05, 3.63) is 54.5 Å². The topological polar surface area (TPSA) is 122 Å². The summed E-state index contributed by atoms with van der Waals surface area (Å²) >= 11 is 0. The van der Waals surface area contributed by atoms with E-state index in [1.807, 2.05) is 20.2 Å². The van der Waals surface area contributed by atoms with Crippen LogP contribution >= 0.6 is 0 Å². The molecule has 4 aromatic rings. The summed E-state index contributed by atoms with van der Waals surface area (Å²) in [6, 6.07) is 2.05. The van der Waals surface area contributed by atoms with Gasteiger partial charge in [-0.25, -0.2) is 4.52 Å². The summed E-state index contributed by atoms with van der Waals surface area (Å²) in [7, 11) is 1.84. The summed E-state index contributed by atoms with van der Waals surface area (Å²) < 4.78 is 3.34. The van der Waals surface area contributed by atoms with Crippen molar-refractivity contribution in [3.8, 4) is 11.3 Å². The molecule has 208 valence electrons. The van der Waals surface area contributed by atoms with Gasteiger partial charge in [0, 0.05) is 37.8 Å². The number of amides is 2. The minimum absolute atomic E-state index is 0.0237. The average Bonchev–Trinajstić information content (AvgIpc) is 3.75. The van der Waals surface area contributed by atoms with Gasteiger partial charge in [-0.2, -0.15) is 10.2 Å². The molecule has 0 aromatic carbocycles. The molecule has 0 unspecified atom stereocenters. The predicted octanol–water partition coefficient (Wildman–Crippen LogP) is 4.07. The summed E-state index contributed by atoms with van der Waals surface area (Å²) in [5, 5.41) is 14.5. The maximum absolute atomic E-state index is 13.2. The number of pyridine rings is 1. The van der Waals surface area contributed by atoms with Crippen molar-refractivity contribution in [2.45, 2.75) is 57.9 Å². The van der Waals surface area contributed by atoms with E-state index in [2.05, 4.69) is 35.7 Å². The SMILES string of the molecule is Cc1ncc(NC(=O)C[C@@H]2CCCN2CC2CCCC2)cc1NC(=O)c1cnn2cc(-c3cnn(C)c3)ncc12. The Morgan fingerprint density at radius 3 is 2.62 bits per heavy atom. The first kappa shape index (κ1) is 26.1. The smallest absolute Gasteiger partial charge is 0.259 e. The molecule has 40 heavy (non-hydrogen) atoms. The number of likely N-dealkylation sites (tertiary alicyclic amines) is 1. The van der Waals surface area contributed by atoms with E-state index in [0.29, 0.717) is 46.3 Å². The third kappa shape index (κ3) is 5.60. The summed E-state index contributed by atoms with van der Waals surface area (Å²) in [4.78, 5) is 37.6. The summed E-state index contributed by atoms with van der Waals surface area (Å²) in [6.45, 7) is 4.02. The molecule has 1 aliphatic heterocycles. The lowest BCUT2D eigenvalue weighted by Gasteiger charge is -2.27. The van der Waals surface area contributed by atoms with Crippen LogP contribution in [0.2, 0.25) is 0 Å². The van der Waals surface area contributed by atoms with Crippen LogP contribution in [0.3, 0.4) is 0 Å². The molecule has 0 bridgehead atoms. The van der Waals surface area contributed by atoms with E-state index in [-0.39, 0.29) is 11.8 Å². The second-order valence-corrected chi connectivity index (χ2v) is 11.1. The van der Waals surface area contributed by atoms with Gasteiger partial charge in [-0.3, -0.25) is 29.1 Å².